The van der Waals surface area contributed by atoms with Crippen LogP contribution in [0, 0.1) is 10.1 Å². The van der Waals surface area contributed by atoms with Crippen molar-refractivity contribution >= 4 is 46.4 Å². The molecule has 1 aromatic rings. The van der Waals surface area contributed by atoms with Crippen LogP contribution in [0.25, 0.3) is 0 Å². The van der Waals surface area contributed by atoms with Gasteiger partial charge in [-0.2, -0.15) is 0 Å². The molecule has 1 amide bonds. The van der Waals surface area contributed by atoms with E-state index >= 15 is 0 Å². The number of nitro benzene ring substituents is 1. The molecule has 21 heavy (non-hydrogen) atoms. The highest BCUT2D eigenvalue weighted by Crippen LogP contribution is 2.32. The third-order valence-electron chi connectivity index (χ3n) is 2.35. The van der Waals surface area contributed by atoms with Crippen LogP contribution >= 0.6 is 34.8 Å². The summed E-state index contributed by atoms with van der Waals surface area (Å²) in [6.45, 7) is 1.82. The molecule has 0 aromatic heterocycles. The number of amides is 1. The number of ether oxygens (including phenoxy) is 1. The van der Waals surface area contributed by atoms with E-state index < -0.39 is 14.9 Å². The number of alkyl halides is 3. The molecule has 0 fully saturated rings. The van der Waals surface area contributed by atoms with Crippen LogP contribution < -0.4 is 10.1 Å². The smallest absolute Gasteiger partial charge is 0.273 e. The number of carbonyl (C=O) groups is 1. The Morgan fingerprint density at radius 3 is 2.67 bits per heavy atom. The highest BCUT2D eigenvalue weighted by molar-refractivity contribution is 6.68. The van der Waals surface area contributed by atoms with Crippen molar-refractivity contribution in [2.75, 3.05) is 0 Å². The number of nitro groups is 1. The molecule has 1 N–H and O–H groups in total. The molecule has 1 rings (SSSR count). The van der Waals surface area contributed by atoms with Crippen molar-refractivity contribution in [2.24, 2.45) is 0 Å². The molecule has 0 saturated carbocycles. The zero-order valence-corrected chi connectivity index (χ0v) is 13.3. The molecule has 6 nitrogen and oxygen atoms in total. The molecule has 0 aliphatic carbocycles. The van der Waals surface area contributed by atoms with Gasteiger partial charge in [-0.15, -0.1) is 0 Å². The molecule has 1 atom stereocenters. The number of hydrogen-bond donors (Lipinski definition) is 1. The summed E-state index contributed by atoms with van der Waals surface area (Å²) in [4.78, 5) is 21.7. The fourth-order valence-electron chi connectivity index (χ4n) is 1.43. The van der Waals surface area contributed by atoms with Crippen molar-refractivity contribution in [2.45, 2.75) is 29.8 Å². The molecule has 0 radical (unpaired) electrons. The first-order valence-electron chi connectivity index (χ1n) is 6.01. The molecule has 1 aromatic carbocycles. The SMILES string of the molecule is CCCC(=O)N[C@@H](Oc1cccc([N+](=O)[O-])c1)C(Cl)(Cl)Cl. The Morgan fingerprint density at radius 1 is 1.48 bits per heavy atom. The fraction of sp³-hybridized carbons (Fsp3) is 0.417. The van der Waals surface area contributed by atoms with Crippen molar-refractivity contribution in [3.05, 3.63) is 34.4 Å². The summed E-state index contributed by atoms with van der Waals surface area (Å²) in [6.07, 6.45) is -0.395. The minimum absolute atomic E-state index is 0.109. The summed E-state index contributed by atoms with van der Waals surface area (Å²) < 4.78 is 3.43. The van der Waals surface area contributed by atoms with Gasteiger partial charge in [0.15, 0.2) is 0 Å². The molecule has 0 bridgehead atoms. The van der Waals surface area contributed by atoms with Gasteiger partial charge in [-0.1, -0.05) is 47.8 Å². The van der Waals surface area contributed by atoms with Gasteiger partial charge in [0.2, 0.25) is 15.9 Å². The molecular weight excluding hydrogens is 343 g/mol. The van der Waals surface area contributed by atoms with Crippen LogP contribution in [0.15, 0.2) is 24.3 Å². The lowest BCUT2D eigenvalue weighted by Gasteiger charge is -2.26. The normalized spacial score (nSPS) is 12.6. The van der Waals surface area contributed by atoms with Crippen LogP contribution in [0.3, 0.4) is 0 Å². The van der Waals surface area contributed by atoms with Crippen LogP contribution in [0.1, 0.15) is 19.8 Å². The van der Waals surface area contributed by atoms with Gasteiger partial charge in [-0.3, -0.25) is 14.9 Å². The van der Waals surface area contributed by atoms with Crippen LogP contribution in [0.4, 0.5) is 5.69 Å². The Labute approximate surface area is 136 Å². The van der Waals surface area contributed by atoms with E-state index in [-0.39, 0.29) is 23.8 Å². The van der Waals surface area contributed by atoms with Crippen molar-refractivity contribution in [3.63, 3.8) is 0 Å². The maximum absolute atomic E-state index is 11.6. The van der Waals surface area contributed by atoms with E-state index in [1.807, 2.05) is 6.92 Å². The number of benzene rings is 1. The average Bonchev–Trinajstić information content (AvgIpc) is 2.37. The van der Waals surface area contributed by atoms with Gasteiger partial charge >= 0.3 is 0 Å². The van der Waals surface area contributed by atoms with E-state index in [1.54, 1.807) is 0 Å². The first-order valence-corrected chi connectivity index (χ1v) is 7.14. The molecular formula is C12H13Cl3N2O4. The summed E-state index contributed by atoms with van der Waals surface area (Å²) in [5.74, 6) is -0.239. The molecule has 116 valence electrons. The van der Waals surface area contributed by atoms with Crippen LogP contribution in [0.5, 0.6) is 5.75 Å². The summed E-state index contributed by atoms with van der Waals surface area (Å²) >= 11 is 17.3. The van der Waals surface area contributed by atoms with E-state index in [1.165, 1.54) is 24.3 Å². The van der Waals surface area contributed by atoms with Gasteiger partial charge < -0.3 is 10.1 Å². The second kappa shape index (κ2) is 7.68. The Balaban J connectivity index is 2.89. The van der Waals surface area contributed by atoms with E-state index in [0.717, 1.165) is 0 Å². The van der Waals surface area contributed by atoms with Gasteiger partial charge in [-0.25, -0.2) is 0 Å². The summed E-state index contributed by atoms with van der Waals surface area (Å²) in [5, 5.41) is 13.1. The molecule has 0 heterocycles. The topological polar surface area (TPSA) is 81.5 Å². The highest BCUT2D eigenvalue weighted by Gasteiger charge is 2.36. The first kappa shape index (κ1) is 17.8. The van der Waals surface area contributed by atoms with Crippen molar-refractivity contribution < 1.29 is 14.5 Å². The van der Waals surface area contributed by atoms with E-state index in [4.69, 9.17) is 39.5 Å². The molecule has 9 heteroatoms. The highest BCUT2D eigenvalue weighted by atomic mass is 35.6. The predicted octanol–water partition coefficient (Wildman–Crippen LogP) is 3.59. The number of rotatable bonds is 6. The van der Waals surface area contributed by atoms with Crippen molar-refractivity contribution in [1.29, 1.82) is 0 Å². The molecule has 0 aliphatic heterocycles. The number of hydrogen-bond acceptors (Lipinski definition) is 4. The van der Waals surface area contributed by atoms with E-state index in [2.05, 4.69) is 5.32 Å². The van der Waals surface area contributed by atoms with Crippen LogP contribution in [-0.4, -0.2) is 20.9 Å². The summed E-state index contributed by atoms with van der Waals surface area (Å²) in [6, 6.07) is 5.36. The monoisotopic (exact) mass is 354 g/mol. The van der Waals surface area contributed by atoms with E-state index in [0.29, 0.717) is 6.42 Å². The Morgan fingerprint density at radius 2 is 2.14 bits per heavy atom. The number of nitrogens with zero attached hydrogens (tertiary/aromatic N) is 1. The lowest BCUT2D eigenvalue weighted by molar-refractivity contribution is -0.384. The maximum Gasteiger partial charge on any atom is 0.273 e. The second-order valence-corrected chi connectivity index (χ2v) is 6.48. The van der Waals surface area contributed by atoms with Gasteiger partial charge in [0.05, 0.1) is 11.0 Å². The maximum atomic E-state index is 11.6. The van der Waals surface area contributed by atoms with Gasteiger partial charge in [0.1, 0.15) is 5.75 Å². The quantitative estimate of drug-likeness (QED) is 0.366. The fourth-order valence-corrected chi connectivity index (χ4v) is 1.73. The standard InChI is InChI=1S/C12H13Cl3N2O4/c1-2-4-10(18)16-11(12(13,14)15)21-9-6-3-5-8(7-9)17(19)20/h3,5-7,11H,2,4H2,1H3,(H,16,18)/t11-/m0/s1. The Bertz CT molecular complexity index is 519. The number of non-ortho nitro benzene ring substituents is 1. The Kier molecular flexibility index (Phi) is 6.51. The average molecular weight is 356 g/mol. The number of carbonyl (C=O) groups excluding carboxylic acids is 1. The summed E-state index contributed by atoms with van der Waals surface area (Å²) in [5.41, 5.74) is -0.171. The second-order valence-electron chi connectivity index (χ2n) is 4.11. The zero-order valence-electron chi connectivity index (χ0n) is 11.0. The predicted molar refractivity (Wildman–Crippen MR) is 80.9 cm³/mol. The first-order chi connectivity index (χ1) is 9.74. The van der Waals surface area contributed by atoms with Crippen LogP contribution in [-0.2, 0) is 4.79 Å². The lowest BCUT2D eigenvalue weighted by Crippen LogP contribution is -2.47. The van der Waals surface area contributed by atoms with Crippen molar-refractivity contribution in [3.8, 4) is 5.75 Å². The molecule has 0 aliphatic rings. The third kappa shape index (κ3) is 5.95. The number of nitrogens with one attached hydrogen (secondary N) is 1. The van der Waals surface area contributed by atoms with Crippen molar-refractivity contribution in [1.82, 2.24) is 5.32 Å². The van der Waals surface area contributed by atoms with Gasteiger partial charge in [0.25, 0.3) is 5.69 Å². The lowest BCUT2D eigenvalue weighted by atomic mass is 10.3. The largest absolute Gasteiger partial charge is 0.466 e. The summed E-state index contributed by atoms with van der Waals surface area (Å²) in [7, 11) is 0. The van der Waals surface area contributed by atoms with Gasteiger partial charge in [-0.05, 0) is 12.5 Å². The molecule has 0 saturated heterocycles. The minimum Gasteiger partial charge on any atom is -0.466 e. The molecule has 0 spiro atoms. The van der Waals surface area contributed by atoms with Gasteiger partial charge in [0, 0.05) is 12.5 Å². The number of halogens is 3. The minimum atomic E-state index is -1.92. The van der Waals surface area contributed by atoms with Crippen LogP contribution in [0.2, 0.25) is 0 Å². The molecule has 0 unspecified atom stereocenters. The van der Waals surface area contributed by atoms with E-state index in [9.17, 15) is 14.9 Å². The third-order valence-corrected chi connectivity index (χ3v) is 2.94. The Hall–Kier alpha value is -1.24. The zero-order chi connectivity index (χ0) is 16.0.